The van der Waals surface area contributed by atoms with E-state index in [2.05, 4.69) is 11.8 Å². The van der Waals surface area contributed by atoms with Crippen molar-refractivity contribution in [1.29, 1.82) is 0 Å². The first-order valence-corrected chi connectivity index (χ1v) is 9.45. The van der Waals surface area contributed by atoms with Crippen molar-refractivity contribution in [2.75, 3.05) is 24.7 Å². The summed E-state index contributed by atoms with van der Waals surface area (Å²) in [5.41, 5.74) is 0.123. The number of rotatable bonds is 2. The molecule has 0 amide bonds. The molecule has 3 atom stereocenters. The van der Waals surface area contributed by atoms with Gasteiger partial charge in [0.15, 0.2) is 0 Å². The van der Waals surface area contributed by atoms with Crippen LogP contribution in [0.15, 0.2) is 0 Å². The van der Waals surface area contributed by atoms with E-state index in [0.29, 0.717) is 12.1 Å². The lowest BCUT2D eigenvalue weighted by Crippen LogP contribution is -2.54. The number of ether oxygens (including phenoxy) is 1. The largest absolute Gasteiger partial charge is 0.481 e. The Morgan fingerprint density at radius 1 is 1.33 bits per heavy atom. The van der Waals surface area contributed by atoms with Gasteiger partial charge in [-0.3, -0.25) is 9.69 Å². The molecule has 0 aromatic rings. The van der Waals surface area contributed by atoms with E-state index < -0.39 is 5.97 Å². The fourth-order valence-corrected chi connectivity index (χ4v) is 5.57. The second-order valence-corrected chi connectivity index (χ2v) is 8.16. The van der Waals surface area contributed by atoms with E-state index in [1.165, 1.54) is 24.3 Å². The molecule has 120 valence electrons. The standard InChI is InChI=1S/C16H27NO3S/c1-12-10-13(15(18)19)2-6-17(12)14-3-7-20-16(11-14)4-8-21-9-5-16/h12-14H,2-11H2,1H3,(H,18,19). The number of carbonyl (C=O) groups is 1. The van der Waals surface area contributed by atoms with Gasteiger partial charge in [-0.1, -0.05) is 0 Å². The van der Waals surface area contributed by atoms with Crippen molar-refractivity contribution < 1.29 is 14.6 Å². The number of nitrogens with zero attached hydrogens (tertiary/aromatic N) is 1. The minimum Gasteiger partial charge on any atom is -0.481 e. The zero-order valence-corrected chi connectivity index (χ0v) is 13.7. The summed E-state index contributed by atoms with van der Waals surface area (Å²) in [6.45, 7) is 4.02. The maximum atomic E-state index is 11.2. The maximum absolute atomic E-state index is 11.2. The van der Waals surface area contributed by atoms with Crippen LogP contribution in [0.3, 0.4) is 0 Å². The van der Waals surface area contributed by atoms with Gasteiger partial charge in [0.05, 0.1) is 11.5 Å². The van der Waals surface area contributed by atoms with E-state index in [-0.39, 0.29) is 11.5 Å². The molecule has 0 aliphatic carbocycles. The van der Waals surface area contributed by atoms with E-state index in [0.717, 1.165) is 38.8 Å². The second kappa shape index (κ2) is 6.47. The molecule has 3 heterocycles. The average Bonchev–Trinajstić information content (AvgIpc) is 2.48. The molecule has 3 aliphatic rings. The Morgan fingerprint density at radius 2 is 2.10 bits per heavy atom. The van der Waals surface area contributed by atoms with Gasteiger partial charge in [-0.05, 0) is 63.5 Å². The SMILES string of the molecule is CC1CC(C(=O)O)CCN1C1CCOC2(CCSCC2)C1. The second-order valence-electron chi connectivity index (χ2n) is 6.94. The Labute approximate surface area is 131 Å². The van der Waals surface area contributed by atoms with Crippen LogP contribution in [-0.4, -0.2) is 58.3 Å². The number of piperidine rings is 1. The minimum atomic E-state index is -0.616. The average molecular weight is 313 g/mol. The third-order valence-electron chi connectivity index (χ3n) is 5.62. The summed E-state index contributed by atoms with van der Waals surface area (Å²) in [4.78, 5) is 13.8. The predicted octanol–water partition coefficient (Wildman–Crippen LogP) is 2.62. The molecule has 0 saturated carbocycles. The summed E-state index contributed by atoms with van der Waals surface area (Å²) >= 11 is 2.04. The molecule has 0 radical (unpaired) electrons. The number of hydrogen-bond acceptors (Lipinski definition) is 4. The summed E-state index contributed by atoms with van der Waals surface area (Å²) < 4.78 is 6.19. The van der Waals surface area contributed by atoms with E-state index in [1.54, 1.807) is 0 Å². The van der Waals surface area contributed by atoms with E-state index in [9.17, 15) is 9.90 Å². The normalized spacial score (nSPS) is 37.5. The Hall–Kier alpha value is -0.260. The summed E-state index contributed by atoms with van der Waals surface area (Å²) in [5, 5.41) is 9.21. The minimum absolute atomic E-state index is 0.123. The van der Waals surface area contributed by atoms with Gasteiger partial charge in [0.25, 0.3) is 0 Å². The zero-order valence-electron chi connectivity index (χ0n) is 12.9. The molecule has 1 N–H and O–H groups in total. The van der Waals surface area contributed by atoms with Crippen molar-refractivity contribution in [3.05, 3.63) is 0 Å². The van der Waals surface area contributed by atoms with Crippen molar-refractivity contribution in [3.63, 3.8) is 0 Å². The van der Waals surface area contributed by atoms with Gasteiger partial charge in [-0.2, -0.15) is 11.8 Å². The van der Waals surface area contributed by atoms with Crippen molar-refractivity contribution in [2.45, 2.75) is 63.1 Å². The van der Waals surface area contributed by atoms with E-state index >= 15 is 0 Å². The Morgan fingerprint density at radius 3 is 2.76 bits per heavy atom. The quantitative estimate of drug-likeness (QED) is 0.849. The highest BCUT2D eigenvalue weighted by Gasteiger charge is 2.42. The van der Waals surface area contributed by atoms with Gasteiger partial charge >= 0.3 is 5.97 Å². The fraction of sp³-hybridized carbons (Fsp3) is 0.938. The summed E-state index contributed by atoms with van der Waals surface area (Å²) in [6.07, 6.45) is 6.24. The van der Waals surface area contributed by atoms with Crippen LogP contribution in [0.2, 0.25) is 0 Å². The molecule has 3 rings (SSSR count). The summed E-state index contributed by atoms with van der Waals surface area (Å²) in [5.74, 6) is 1.69. The molecule has 0 aromatic heterocycles. The summed E-state index contributed by atoms with van der Waals surface area (Å²) in [7, 11) is 0. The van der Waals surface area contributed by atoms with Crippen molar-refractivity contribution in [1.82, 2.24) is 4.90 Å². The van der Waals surface area contributed by atoms with Gasteiger partial charge in [-0.25, -0.2) is 0 Å². The molecule has 3 unspecified atom stereocenters. The lowest BCUT2D eigenvalue weighted by molar-refractivity contribution is -0.146. The smallest absolute Gasteiger partial charge is 0.306 e. The third kappa shape index (κ3) is 3.40. The van der Waals surface area contributed by atoms with Crippen LogP contribution in [0.4, 0.5) is 0 Å². The van der Waals surface area contributed by atoms with Crippen LogP contribution in [-0.2, 0) is 9.53 Å². The van der Waals surface area contributed by atoms with Crippen LogP contribution in [0.5, 0.6) is 0 Å². The van der Waals surface area contributed by atoms with Crippen LogP contribution in [0.1, 0.15) is 45.4 Å². The van der Waals surface area contributed by atoms with Gasteiger partial charge in [0, 0.05) is 18.7 Å². The van der Waals surface area contributed by atoms with Crippen molar-refractivity contribution >= 4 is 17.7 Å². The van der Waals surface area contributed by atoms with Crippen molar-refractivity contribution in [3.8, 4) is 0 Å². The first-order valence-electron chi connectivity index (χ1n) is 8.30. The molecular weight excluding hydrogens is 286 g/mol. The Bertz CT molecular complexity index is 378. The number of carboxylic acid groups (broad SMARTS) is 1. The maximum Gasteiger partial charge on any atom is 0.306 e. The highest BCUT2D eigenvalue weighted by molar-refractivity contribution is 7.99. The molecular formula is C16H27NO3S. The van der Waals surface area contributed by atoms with Crippen LogP contribution in [0, 0.1) is 5.92 Å². The molecule has 5 heteroatoms. The van der Waals surface area contributed by atoms with Crippen LogP contribution >= 0.6 is 11.8 Å². The van der Waals surface area contributed by atoms with E-state index in [4.69, 9.17) is 4.74 Å². The lowest BCUT2D eigenvalue weighted by Gasteiger charge is -2.49. The van der Waals surface area contributed by atoms with Gasteiger partial charge in [0.2, 0.25) is 0 Å². The summed E-state index contributed by atoms with van der Waals surface area (Å²) in [6, 6.07) is 0.976. The number of aliphatic carboxylic acids is 1. The molecule has 3 aliphatic heterocycles. The highest BCUT2D eigenvalue weighted by Crippen LogP contribution is 2.40. The first-order chi connectivity index (χ1) is 10.1. The molecule has 3 saturated heterocycles. The van der Waals surface area contributed by atoms with Crippen LogP contribution < -0.4 is 0 Å². The zero-order chi connectivity index (χ0) is 14.9. The number of carboxylic acids is 1. The third-order valence-corrected chi connectivity index (χ3v) is 6.60. The van der Waals surface area contributed by atoms with Crippen LogP contribution in [0.25, 0.3) is 0 Å². The molecule has 4 nitrogen and oxygen atoms in total. The first kappa shape index (κ1) is 15.6. The van der Waals surface area contributed by atoms with E-state index in [1.807, 2.05) is 11.8 Å². The number of hydrogen-bond donors (Lipinski definition) is 1. The fourth-order valence-electron chi connectivity index (χ4n) is 4.33. The topological polar surface area (TPSA) is 49.8 Å². The lowest BCUT2D eigenvalue weighted by atomic mass is 9.82. The number of likely N-dealkylation sites (tertiary alicyclic amines) is 1. The van der Waals surface area contributed by atoms with Gasteiger partial charge < -0.3 is 9.84 Å². The predicted molar refractivity (Wildman–Crippen MR) is 84.8 cm³/mol. The molecule has 1 spiro atoms. The van der Waals surface area contributed by atoms with Gasteiger partial charge in [-0.15, -0.1) is 0 Å². The Balaban J connectivity index is 1.62. The molecule has 0 aromatic carbocycles. The molecule has 3 fully saturated rings. The molecule has 0 bridgehead atoms. The number of thioether (sulfide) groups is 1. The van der Waals surface area contributed by atoms with Gasteiger partial charge in [0.1, 0.15) is 0 Å². The molecule has 21 heavy (non-hydrogen) atoms. The highest BCUT2D eigenvalue weighted by atomic mass is 32.2. The Kier molecular flexibility index (Phi) is 4.81. The van der Waals surface area contributed by atoms with Crippen molar-refractivity contribution in [2.24, 2.45) is 5.92 Å². The monoisotopic (exact) mass is 313 g/mol.